The van der Waals surface area contributed by atoms with E-state index in [1.165, 1.54) is 12.1 Å². The molecule has 0 amide bonds. The largest absolute Gasteiger partial charge is 0.490 e. The van der Waals surface area contributed by atoms with Crippen molar-refractivity contribution in [1.82, 2.24) is 14.5 Å². The first-order chi connectivity index (χ1) is 11.6. The van der Waals surface area contributed by atoms with Crippen LogP contribution in [0.2, 0.25) is 0 Å². The third-order valence-electron chi connectivity index (χ3n) is 4.35. The number of benzene rings is 1. The third-order valence-corrected chi connectivity index (χ3v) is 4.35. The van der Waals surface area contributed by atoms with E-state index in [0.29, 0.717) is 18.7 Å². The predicted octanol–water partition coefficient (Wildman–Crippen LogP) is 2.45. The van der Waals surface area contributed by atoms with Crippen molar-refractivity contribution in [3.63, 3.8) is 0 Å². The minimum atomic E-state index is -0.908. The van der Waals surface area contributed by atoms with Crippen LogP contribution in [0.15, 0.2) is 36.7 Å². The van der Waals surface area contributed by atoms with Gasteiger partial charge < -0.3 is 14.4 Å². The van der Waals surface area contributed by atoms with E-state index in [1.54, 1.807) is 12.1 Å². The van der Waals surface area contributed by atoms with Crippen molar-refractivity contribution in [2.75, 3.05) is 19.7 Å². The van der Waals surface area contributed by atoms with E-state index in [-0.39, 0.29) is 12.4 Å². The summed E-state index contributed by atoms with van der Waals surface area (Å²) in [5, 5.41) is 10.7. The fourth-order valence-corrected chi connectivity index (χ4v) is 3.10. The van der Waals surface area contributed by atoms with Gasteiger partial charge >= 0.3 is 0 Å². The maximum absolute atomic E-state index is 13.2. The molecular formula is C18H24FN3O2. The highest BCUT2D eigenvalue weighted by Crippen LogP contribution is 2.24. The second-order valence-corrected chi connectivity index (χ2v) is 6.47. The van der Waals surface area contributed by atoms with E-state index in [1.807, 2.05) is 12.4 Å². The molecule has 0 radical (unpaired) electrons. The second kappa shape index (κ2) is 7.32. The number of aryl methyl sites for hydroxylation is 1. The fourth-order valence-electron chi connectivity index (χ4n) is 3.10. The van der Waals surface area contributed by atoms with Crippen LogP contribution in [0.1, 0.15) is 25.6 Å². The highest BCUT2D eigenvalue weighted by molar-refractivity contribution is 5.22. The van der Waals surface area contributed by atoms with Crippen LogP contribution in [0, 0.1) is 5.82 Å². The van der Waals surface area contributed by atoms with Crippen LogP contribution in [0.4, 0.5) is 4.39 Å². The molecule has 2 aromatic rings. The quantitative estimate of drug-likeness (QED) is 0.846. The maximum Gasteiger partial charge on any atom is 0.126 e. The number of halogens is 1. The normalized spacial score (nSPS) is 21.3. The molecule has 24 heavy (non-hydrogen) atoms. The zero-order chi connectivity index (χ0) is 17.0. The first-order valence-corrected chi connectivity index (χ1v) is 8.41. The lowest BCUT2D eigenvalue weighted by atomic mass is 10.1. The van der Waals surface area contributed by atoms with Gasteiger partial charge in [0.2, 0.25) is 0 Å². The number of rotatable bonds is 7. The molecule has 5 nitrogen and oxygen atoms in total. The van der Waals surface area contributed by atoms with Crippen LogP contribution in [0.25, 0.3) is 0 Å². The minimum Gasteiger partial charge on any atom is -0.490 e. The summed E-state index contributed by atoms with van der Waals surface area (Å²) in [4.78, 5) is 6.60. The fraction of sp³-hybridized carbons (Fsp3) is 0.500. The van der Waals surface area contributed by atoms with Crippen LogP contribution < -0.4 is 4.74 Å². The van der Waals surface area contributed by atoms with Gasteiger partial charge in [-0.3, -0.25) is 4.90 Å². The predicted molar refractivity (Wildman–Crippen MR) is 89.3 cm³/mol. The van der Waals surface area contributed by atoms with Crippen LogP contribution in [-0.2, 0) is 13.1 Å². The Balaban J connectivity index is 1.54. The van der Waals surface area contributed by atoms with Crippen molar-refractivity contribution >= 4 is 0 Å². The number of hydrogen-bond acceptors (Lipinski definition) is 4. The first kappa shape index (κ1) is 16.9. The highest BCUT2D eigenvalue weighted by Gasteiger charge is 2.37. The summed E-state index contributed by atoms with van der Waals surface area (Å²) in [6, 6.07) is 6.00. The Morgan fingerprint density at radius 3 is 3.08 bits per heavy atom. The van der Waals surface area contributed by atoms with E-state index in [9.17, 15) is 9.50 Å². The van der Waals surface area contributed by atoms with Gasteiger partial charge in [0.1, 0.15) is 29.6 Å². The molecule has 0 spiro atoms. The summed E-state index contributed by atoms with van der Waals surface area (Å²) in [7, 11) is 0. The minimum absolute atomic E-state index is 0.163. The molecule has 2 heterocycles. The zero-order valence-electron chi connectivity index (χ0n) is 14.0. The molecule has 0 unspecified atom stereocenters. The molecular weight excluding hydrogens is 309 g/mol. The van der Waals surface area contributed by atoms with Crippen LogP contribution in [0.5, 0.6) is 5.75 Å². The number of β-amino-alcohol motifs (C(OH)–C–C–N with tert-alkyl or cyclic N) is 1. The van der Waals surface area contributed by atoms with Gasteiger partial charge in [0, 0.05) is 38.1 Å². The monoisotopic (exact) mass is 333 g/mol. The molecule has 0 bridgehead atoms. The van der Waals surface area contributed by atoms with Gasteiger partial charge in [0.05, 0.1) is 6.54 Å². The van der Waals surface area contributed by atoms with Gasteiger partial charge in [-0.2, -0.15) is 0 Å². The molecule has 1 aromatic heterocycles. The topological polar surface area (TPSA) is 50.5 Å². The average Bonchev–Trinajstić information content (AvgIpc) is 3.14. The van der Waals surface area contributed by atoms with Crippen molar-refractivity contribution < 1.29 is 14.2 Å². The molecule has 1 fully saturated rings. The SMILES string of the molecule is CCCn1ccnc1CN1CC[C@](O)(COc2cccc(F)c2)C1. The van der Waals surface area contributed by atoms with Crippen LogP contribution in [0.3, 0.4) is 0 Å². The Bertz CT molecular complexity index is 676. The number of likely N-dealkylation sites (tertiary alicyclic amines) is 1. The Labute approximate surface area is 141 Å². The number of ether oxygens (including phenoxy) is 1. The number of nitrogens with zero attached hydrogens (tertiary/aromatic N) is 3. The molecule has 0 saturated carbocycles. The molecule has 1 aliphatic rings. The smallest absolute Gasteiger partial charge is 0.126 e. The van der Waals surface area contributed by atoms with Gasteiger partial charge in [-0.1, -0.05) is 13.0 Å². The molecule has 1 aliphatic heterocycles. The van der Waals surface area contributed by atoms with Gasteiger partial charge in [-0.15, -0.1) is 0 Å². The zero-order valence-corrected chi connectivity index (χ0v) is 14.0. The molecule has 6 heteroatoms. The van der Waals surface area contributed by atoms with E-state index < -0.39 is 5.60 Å². The second-order valence-electron chi connectivity index (χ2n) is 6.47. The molecule has 1 aromatic carbocycles. The lowest BCUT2D eigenvalue weighted by Crippen LogP contribution is -2.39. The van der Waals surface area contributed by atoms with Crippen molar-refractivity contribution in [2.45, 2.75) is 38.5 Å². The first-order valence-electron chi connectivity index (χ1n) is 8.41. The standard InChI is InChI=1S/C18H24FN3O2/c1-2-8-22-10-7-20-17(22)12-21-9-6-18(23,13-21)14-24-16-5-3-4-15(19)11-16/h3-5,7,10-11,23H,2,6,8-9,12-14H2,1H3/t18-/m1/s1. The number of aromatic nitrogens is 2. The molecule has 0 aliphatic carbocycles. The van der Waals surface area contributed by atoms with Gasteiger partial charge in [0.15, 0.2) is 0 Å². The van der Waals surface area contributed by atoms with Gasteiger partial charge in [0.25, 0.3) is 0 Å². The molecule has 1 N–H and O–H groups in total. The Morgan fingerprint density at radius 1 is 1.42 bits per heavy atom. The van der Waals surface area contributed by atoms with Crippen molar-refractivity contribution in [3.05, 3.63) is 48.3 Å². The number of aliphatic hydroxyl groups is 1. The number of imidazole rings is 1. The van der Waals surface area contributed by atoms with Crippen molar-refractivity contribution in [3.8, 4) is 5.75 Å². The van der Waals surface area contributed by atoms with Gasteiger partial charge in [-0.05, 0) is 25.0 Å². The Kier molecular flexibility index (Phi) is 5.16. The maximum atomic E-state index is 13.2. The average molecular weight is 333 g/mol. The summed E-state index contributed by atoms with van der Waals surface area (Å²) < 4.78 is 20.9. The molecule has 3 rings (SSSR count). The summed E-state index contributed by atoms with van der Waals surface area (Å²) in [5.74, 6) is 1.13. The van der Waals surface area contributed by atoms with Crippen LogP contribution >= 0.6 is 0 Å². The van der Waals surface area contributed by atoms with Gasteiger partial charge in [-0.25, -0.2) is 9.37 Å². The lowest BCUT2D eigenvalue weighted by molar-refractivity contribution is 0.00305. The highest BCUT2D eigenvalue weighted by atomic mass is 19.1. The van der Waals surface area contributed by atoms with E-state index in [0.717, 1.165) is 31.9 Å². The summed E-state index contributed by atoms with van der Waals surface area (Å²) in [5.41, 5.74) is -0.908. The van der Waals surface area contributed by atoms with E-state index >= 15 is 0 Å². The molecule has 1 saturated heterocycles. The Hall–Kier alpha value is -1.92. The van der Waals surface area contributed by atoms with E-state index in [4.69, 9.17) is 4.74 Å². The third kappa shape index (κ3) is 4.13. The molecule has 1 atom stereocenters. The Morgan fingerprint density at radius 2 is 2.29 bits per heavy atom. The van der Waals surface area contributed by atoms with E-state index in [2.05, 4.69) is 21.4 Å². The number of hydrogen-bond donors (Lipinski definition) is 1. The van der Waals surface area contributed by atoms with Crippen molar-refractivity contribution in [2.24, 2.45) is 0 Å². The lowest BCUT2D eigenvalue weighted by Gasteiger charge is -2.23. The summed E-state index contributed by atoms with van der Waals surface area (Å²) in [6.45, 7) is 5.30. The summed E-state index contributed by atoms with van der Waals surface area (Å²) >= 11 is 0. The van der Waals surface area contributed by atoms with Crippen LogP contribution in [-0.4, -0.2) is 44.9 Å². The summed E-state index contributed by atoms with van der Waals surface area (Å²) in [6.07, 6.45) is 5.51. The molecule has 130 valence electrons. The van der Waals surface area contributed by atoms with Crippen molar-refractivity contribution in [1.29, 1.82) is 0 Å².